The molecule has 33 heavy (non-hydrogen) atoms. The highest BCUT2D eigenvalue weighted by Crippen LogP contribution is 2.25. The van der Waals surface area contributed by atoms with Crippen molar-refractivity contribution in [3.05, 3.63) is 89.0 Å². The zero-order valence-corrected chi connectivity index (χ0v) is 20.3. The predicted molar refractivity (Wildman–Crippen MR) is 134 cm³/mol. The number of carbonyl (C=O) groups is 1. The van der Waals surface area contributed by atoms with E-state index in [-0.39, 0.29) is 18.2 Å². The zero-order chi connectivity index (χ0) is 24.0. The quantitative estimate of drug-likeness (QED) is 0.464. The normalized spacial score (nSPS) is 11.2. The summed E-state index contributed by atoms with van der Waals surface area (Å²) < 4.78 is 32.6. The number of amides is 1. The minimum Gasteiger partial charge on any atom is -0.493 e. The standard InChI is InChI=1S/C26H30N2O4S/c1-5-32-25-10-8-7-9-24(25)26(29)27-22-14-12-21(13-15-22)18-28(33(30,31)6-2)23-16-11-19(3)20(4)17-23/h7-17H,5-6,18H2,1-4H3,(H,27,29). The van der Waals surface area contributed by atoms with Crippen LogP contribution < -0.4 is 14.4 Å². The second kappa shape index (κ2) is 10.5. The molecule has 0 saturated carbocycles. The van der Waals surface area contributed by atoms with E-state index in [1.807, 2.05) is 57.2 Å². The molecule has 3 aromatic rings. The third-order valence-corrected chi connectivity index (χ3v) is 7.19. The van der Waals surface area contributed by atoms with Gasteiger partial charge in [-0.05, 0) is 80.8 Å². The fourth-order valence-electron chi connectivity index (χ4n) is 3.38. The summed E-state index contributed by atoms with van der Waals surface area (Å²) in [6.07, 6.45) is 0. The summed E-state index contributed by atoms with van der Waals surface area (Å²) >= 11 is 0. The number of sulfonamides is 1. The van der Waals surface area contributed by atoms with Crippen LogP contribution in [0, 0.1) is 13.8 Å². The third kappa shape index (κ3) is 5.93. The molecule has 0 atom stereocenters. The molecule has 0 spiro atoms. The van der Waals surface area contributed by atoms with Gasteiger partial charge in [-0.3, -0.25) is 9.10 Å². The Hall–Kier alpha value is -3.32. The summed E-state index contributed by atoms with van der Waals surface area (Å²) in [5.74, 6) is 0.271. The number of hydrogen-bond acceptors (Lipinski definition) is 4. The van der Waals surface area contributed by atoms with Crippen LogP contribution in [-0.4, -0.2) is 26.7 Å². The van der Waals surface area contributed by atoms with Gasteiger partial charge in [0.2, 0.25) is 10.0 Å². The molecule has 1 N–H and O–H groups in total. The van der Waals surface area contributed by atoms with Crippen molar-refractivity contribution in [2.45, 2.75) is 34.2 Å². The molecule has 0 unspecified atom stereocenters. The maximum absolute atomic E-state index is 12.8. The van der Waals surface area contributed by atoms with Crippen LogP contribution in [0.15, 0.2) is 66.7 Å². The second-order valence-electron chi connectivity index (χ2n) is 7.76. The van der Waals surface area contributed by atoms with Crippen molar-refractivity contribution in [3.63, 3.8) is 0 Å². The number of para-hydroxylation sites is 1. The zero-order valence-electron chi connectivity index (χ0n) is 19.5. The first-order valence-corrected chi connectivity index (χ1v) is 12.6. The average Bonchev–Trinajstić information content (AvgIpc) is 2.81. The van der Waals surface area contributed by atoms with Crippen LogP contribution in [0.1, 0.15) is 40.9 Å². The molecule has 0 aliphatic rings. The lowest BCUT2D eigenvalue weighted by atomic mass is 10.1. The Balaban J connectivity index is 1.79. The Labute approximate surface area is 196 Å². The largest absolute Gasteiger partial charge is 0.493 e. The van der Waals surface area contributed by atoms with Crippen molar-refractivity contribution in [1.29, 1.82) is 0 Å². The molecule has 3 aromatic carbocycles. The molecule has 0 radical (unpaired) electrons. The van der Waals surface area contributed by atoms with E-state index < -0.39 is 10.0 Å². The molecule has 0 saturated heterocycles. The van der Waals surface area contributed by atoms with Crippen molar-refractivity contribution in [1.82, 2.24) is 0 Å². The van der Waals surface area contributed by atoms with Crippen LogP contribution in [0.4, 0.5) is 11.4 Å². The molecular weight excluding hydrogens is 436 g/mol. The SMILES string of the molecule is CCOc1ccccc1C(=O)Nc1ccc(CN(c2ccc(C)c(C)c2)S(=O)(=O)CC)cc1. The lowest BCUT2D eigenvalue weighted by Gasteiger charge is -2.25. The molecule has 0 aromatic heterocycles. The van der Waals surface area contributed by atoms with E-state index >= 15 is 0 Å². The van der Waals surface area contributed by atoms with E-state index in [9.17, 15) is 13.2 Å². The molecule has 0 aliphatic carbocycles. The summed E-state index contributed by atoms with van der Waals surface area (Å²) in [5.41, 5.74) is 4.68. The van der Waals surface area contributed by atoms with Gasteiger partial charge in [-0.1, -0.05) is 30.3 Å². The lowest BCUT2D eigenvalue weighted by Crippen LogP contribution is -2.32. The molecule has 0 heterocycles. The number of rotatable bonds is 9. The number of anilines is 2. The summed E-state index contributed by atoms with van der Waals surface area (Å²) in [6, 6.07) is 19.9. The topological polar surface area (TPSA) is 75.7 Å². The smallest absolute Gasteiger partial charge is 0.259 e. The first kappa shape index (κ1) is 24.3. The van der Waals surface area contributed by atoms with Gasteiger partial charge in [0, 0.05) is 5.69 Å². The van der Waals surface area contributed by atoms with Gasteiger partial charge in [-0.25, -0.2) is 8.42 Å². The first-order chi connectivity index (χ1) is 15.7. The highest BCUT2D eigenvalue weighted by Gasteiger charge is 2.21. The van der Waals surface area contributed by atoms with Crippen molar-refractivity contribution in [2.24, 2.45) is 0 Å². The number of aryl methyl sites for hydroxylation is 2. The fraction of sp³-hybridized carbons (Fsp3) is 0.269. The first-order valence-electron chi connectivity index (χ1n) is 10.9. The Kier molecular flexibility index (Phi) is 7.76. The number of carbonyl (C=O) groups excluding carboxylic acids is 1. The van der Waals surface area contributed by atoms with E-state index in [1.165, 1.54) is 4.31 Å². The van der Waals surface area contributed by atoms with Gasteiger partial charge in [0.1, 0.15) is 5.75 Å². The van der Waals surface area contributed by atoms with Crippen molar-refractivity contribution >= 4 is 27.3 Å². The molecule has 1 amide bonds. The summed E-state index contributed by atoms with van der Waals surface area (Å²) in [4.78, 5) is 12.7. The average molecular weight is 467 g/mol. The number of nitrogens with zero attached hydrogens (tertiary/aromatic N) is 1. The lowest BCUT2D eigenvalue weighted by molar-refractivity contribution is 0.102. The van der Waals surface area contributed by atoms with Crippen LogP contribution in [0.25, 0.3) is 0 Å². The van der Waals surface area contributed by atoms with Gasteiger partial charge >= 0.3 is 0 Å². The number of ether oxygens (including phenoxy) is 1. The monoisotopic (exact) mass is 466 g/mol. The van der Waals surface area contributed by atoms with E-state index in [0.717, 1.165) is 16.7 Å². The predicted octanol–water partition coefficient (Wildman–Crippen LogP) is 5.31. The Morgan fingerprint density at radius 1 is 0.939 bits per heavy atom. The Morgan fingerprint density at radius 3 is 2.27 bits per heavy atom. The van der Waals surface area contributed by atoms with E-state index in [0.29, 0.717) is 29.3 Å². The van der Waals surface area contributed by atoms with Crippen LogP contribution in [0.3, 0.4) is 0 Å². The van der Waals surface area contributed by atoms with Gasteiger partial charge in [0.25, 0.3) is 5.91 Å². The van der Waals surface area contributed by atoms with E-state index in [2.05, 4.69) is 5.32 Å². The minimum atomic E-state index is -3.47. The molecule has 0 bridgehead atoms. The molecule has 6 nitrogen and oxygen atoms in total. The molecule has 0 aliphatic heterocycles. The van der Waals surface area contributed by atoms with Crippen molar-refractivity contribution in [3.8, 4) is 5.75 Å². The van der Waals surface area contributed by atoms with E-state index in [1.54, 1.807) is 37.3 Å². The van der Waals surface area contributed by atoms with Crippen molar-refractivity contribution in [2.75, 3.05) is 22.0 Å². The summed E-state index contributed by atoms with van der Waals surface area (Å²) in [7, 11) is -3.47. The summed E-state index contributed by atoms with van der Waals surface area (Å²) in [6.45, 7) is 8.15. The molecular formula is C26H30N2O4S. The van der Waals surface area contributed by atoms with Gasteiger partial charge in [-0.15, -0.1) is 0 Å². The van der Waals surface area contributed by atoms with Crippen LogP contribution >= 0.6 is 0 Å². The number of hydrogen-bond donors (Lipinski definition) is 1. The number of nitrogens with one attached hydrogen (secondary N) is 1. The van der Waals surface area contributed by atoms with Crippen LogP contribution in [0.5, 0.6) is 5.75 Å². The minimum absolute atomic E-state index is 0.00725. The second-order valence-corrected chi connectivity index (χ2v) is 9.94. The van der Waals surface area contributed by atoms with E-state index in [4.69, 9.17) is 4.74 Å². The molecule has 3 rings (SSSR count). The third-order valence-electron chi connectivity index (χ3n) is 5.45. The van der Waals surface area contributed by atoms with Crippen LogP contribution in [0.2, 0.25) is 0 Å². The maximum Gasteiger partial charge on any atom is 0.259 e. The molecule has 0 fully saturated rings. The van der Waals surface area contributed by atoms with Gasteiger partial charge in [-0.2, -0.15) is 0 Å². The maximum atomic E-state index is 12.8. The number of benzene rings is 3. The fourth-order valence-corrected chi connectivity index (χ4v) is 4.47. The Bertz CT molecular complexity index is 1220. The highest BCUT2D eigenvalue weighted by atomic mass is 32.2. The molecule has 7 heteroatoms. The van der Waals surface area contributed by atoms with Gasteiger partial charge in [0.15, 0.2) is 0 Å². The molecule has 174 valence electrons. The highest BCUT2D eigenvalue weighted by molar-refractivity contribution is 7.92. The Morgan fingerprint density at radius 2 is 1.64 bits per heavy atom. The van der Waals surface area contributed by atoms with Crippen molar-refractivity contribution < 1.29 is 17.9 Å². The van der Waals surface area contributed by atoms with Crippen LogP contribution in [-0.2, 0) is 16.6 Å². The van der Waals surface area contributed by atoms with Gasteiger partial charge < -0.3 is 10.1 Å². The summed E-state index contributed by atoms with van der Waals surface area (Å²) in [5, 5.41) is 2.87. The van der Waals surface area contributed by atoms with Gasteiger partial charge in [0.05, 0.1) is 30.2 Å².